The zero-order chi connectivity index (χ0) is 33.9. The molecule has 248 valence electrons. The third kappa shape index (κ3) is 10.6. The topological polar surface area (TPSA) is 52.6 Å². The summed E-state index contributed by atoms with van der Waals surface area (Å²) in [5, 5.41) is 4.90. The van der Waals surface area contributed by atoms with E-state index in [1.807, 2.05) is 139 Å². The first-order valence-corrected chi connectivity index (χ1v) is 18.8. The molecule has 7 heteroatoms. The molecule has 4 aromatic rings. The van der Waals surface area contributed by atoms with E-state index in [9.17, 15) is 9.59 Å². The molecule has 2 fully saturated rings. The summed E-state index contributed by atoms with van der Waals surface area (Å²) in [5.41, 5.74) is 2.10. The number of hydrogen-bond donors (Lipinski definition) is 0. The molecular formula is C42H40FeO4P2+2. The van der Waals surface area contributed by atoms with Crippen LogP contribution in [0.5, 0.6) is 0 Å². The van der Waals surface area contributed by atoms with Gasteiger partial charge in [-0.3, -0.25) is 9.59 Å². The van der Waals surface area contributed by atoms with Crippen molar-refractivity contribution in [3.63, 3.8) is 0 Å². The van der Waals surface area contributed by atoms with Crippen LogP contribution in [0, 0.1) is 61.7 Å². The maximum atomic E-state index is 12.5. The van der Waals surface area contributed by atoms with Crippen molar-refractivity contribution in [1.82, 2.24) is 0 Å². The van der Waals surface area contributed by atoms with Gasteiger partial charge in [-0.05, 0) is 103 Å². The molecule has 49 heavy (non-hydrogen) atoms. The number of carbonyl (C=O) groups is 2. The summed E-state index contributed by atoms with van der Waals surface area (Å²) < 4.78 is 10.9. The number of esters is 2. The van der Waals surface area contributed by atoms with Gasteiger partial charge in [-0.15, -0.1) is 0 Å². The van der Waals surface area contributed by atoms with Gasteiger partial charge in [0.2, 0.25) is 0 Å². The van der Waals surface area contributed by atoms with E-state index in [1.165, 1.54) is 21.2 Å². The van der Waals surface area contributed by atoms with Crippen LogP contribution >= 0.6 is 15.8 Å². The molecule has 0 saturated heterocycles. The van der Waals surface area contributed by atoms with E-state index in [1.54, 1.807) is 0 Å². The largest absolute Gasteiger partial charge is 2.00 e. The van der Waals surface area contributed by atoms with Gasteiger partial charge in [0.1, 0.15) is 11.8 Å². The summed E-state index contributed by atoms with van der Waals surface area (Å²) in [7, 11) is -1.58. The fourth-order valence-corrected chi connectivity index (χ4v) is 10.1. The number of carbonyl (C=O) groups excluding carboxylic acids is 2. The molecule has 0 spiro atoms. The van der Waals surface area contributed by atoms with E-state index in [2.05, 4.69) is 48.5 Å². The van der Waals surface area contributed by atoms with Gasteiger partial charge in [0.25, 0.3) is 0 Å². The minimum Gasteiger partial charge on any atom is -0.462 e. The fraction of sp³-hybridized carbons (Fsp3) is 0.143. The third-order valence-electron chi connectivity index (χ3n) is 7.25. The zero-order valence-corrected chi connectivity index (χ0v) is 30.9. The first-order valence-electron chi connectivity index (χ1n) is 16.1. The molecule has 0 bridgehead atoms. The van der Waals surface area contributed by atoms with Gasteiger partial charge in [0.05, 0.1) is 12.2 Å². The van der Waals surface area contributed by atoms with Gasteiger partial charge in [-0.2, -0.15) is 0 Å². The van der Waals surface area contributed by atoms with Crippen LogP contribution < -0.4 is 21.2 Å². The number of ether oxygens (including phenoxy) is 2. The molecule has 0 heterocycles. The van der Waals surface area contributed by atoms with E-state index in [0.29, 0.717) is 11.8 Å². The summed E-state index contributed by atoms with van der Waals surface area (Å²) in [4.78, 5) is 25.0. The summed E-state index contributed by atoms with van der Waals surface area (Å²) in [5.74, 6) is 0.846. The Morgan fingerprint density at radius 3 is 0.959 bits per heavy atom. The van der Waals surface area contributed by atoms with E-state index in [0.717, 1.165) is 11.3 Å². The second kappa shape index (κ2) is 19.6. The molecule has 0 aromatic heterocycles. The Labute approximate surface area is 306 Å². The molecule has 4 nitrogen and oxygen atoms in total. The van der Waals surface area contributed by atoms with Gasteiger partial charge in [0.15, 0.2) is 0 Å². The maximum Gasteiger partial charge on any atom is 2.00 e. The van der Waals surface area contributed by atoms with Crippen LogP contribution in [0.2, 0.25) is 0 Å². The van der Waals surface area contributed by atoms with Crippen LogP contribution in [0.4, 0.5) is 0 Å². The van der Waals surface area contributed by atoms with Gasteiger partial charge in [-0.25, -0.2) is 0 Å². The minimum atomic E-state index is -0.788. The maximum absolute atomic E-state index is 12.5. The Morgan fingerprint density at radius 2 is 0.714 bits per heavy atom. The van der Waals surface area contributed by atoms with E-state index in [4.69, 9.17) is 9.47 Å². The predicted octanol–water partition coefficient (Wildman–Crippen LogP) is 7.61. The summed E-state index contributed by atoms with van der Waals surface area (Å²) >= 11 is 0. The SMILES string of the molecule is CC(C)OC(=O)[C]1[CH][CH][CH][C]1P(c1ccccc1)c1ccccc1.CC(C)OC(=O)[C]1[CH][CH][CH][C]1P(c1ccccc1)c1ccccc1.[Fe+2]. The zero-order valence-electron chi connectivity index (χ0n) is 28.0. The third-order valence-corrected chi connectivity index (χ3v) is 12.3. The van der Waals surface area contributed by atoms with E-state index < -0.39 is 15.8 Å². The quantitative estimate of drug-likeness (QED) is 0.0960. The Balaban J connectivity index is 0.000000216. The minimum absolute atomic E-state index is 0. The molecule has 2 aliphatic rings. The average Bonchev–Trinajstić information content (AvgIpc) is 3.78. The van der Waals surface area contributed by atoms with Crippen LogP contribution in [-0.4, -0.2) is 24.1 Å². The smallest absolute Gasteiger partial charge is 0.462 e. The van der Waals surface area contributed by atoms with Gasteiger partial charge in [0, 0.05) is 11.3 Å². The molecule has 6 rings (SSSR count). The van der Waals surface area contributed by atoms with Crippen molar-refractivity contribution in [1.29, 1.82) is 0 Å². The van der Waals surface area contributed by atoms with Crippen molar-refractivity contribution in [2.75, 3.05) is 0 Å². The summed E-state index contributed by atoms with van der Waals surface area (Å²) in [6.07, 6.45) is 11.4. The van der Waals surface area contributed by atoms with Crippen molar-refractivity contribution >= 4 is 49.0 Å². The molecule has 2 saturated carbocycles. The summed E-state index contributed by atoms with van der Waals surface area (Å²) in [6.45, 7) is 7.49. The molecular weight excluding hydrogens is 686 g/mol. The van der Waals surface area contributed by atoms with Crippen molar-refractivity contribution in [2.45, 2.75) is 39.9 Å². The van der Waals surface area contributed by atoms with E-state index >= 15 is 0 Å². The number of rotatable bonds is 10. The molecule has 0 amide bonds. The van der Waals surface area contributed by atoms with Crippen molar-refractivity contribution < 1.29 is 36.1 Å². The Hall–Kier alpha value is -2.80. The molecule has 10 radical (unpaired) electrons. The first kappa shape index (κ1) is 39.0. The number of hydrogen-bond acceptors (Lipinski definition) is 4. The van der Waals surface area contributed by atoms with Gasteiger partial charge in [-0.1, -0.05) is 121 Å². The van der Waals surface area contributed by atoms with Crippen molar-refractivity contribution in [3.05, 3.63) is 183 Å². The van der Waals surface area contributed by atoms with Crippen LogP contribution in [0.1, 0.15) is 27.7 Å². The average molecular weight is 727 g/mol. The van der Waals surface area contributed by atoms with Crippen LogP contribution in [0.3, 0.4) is 0 Å². The van der Waals surface area contributed by atoms with E-state index in [-0.39, 0.29) is 41.2 Å². The molecule has 0 unspecified atom stereocenters. The Morgan fingerprint density at radius 1 is 0.449 bits per heavy atom. The molecule has 0 N–H and O–H groups in total. The number of benzene rings is 4. The standard InChI is InChI=1S/2C21H20O2P.Fe/c2*1-16(2)23-21(22)19-14-9-15-20(19)24(17-10-5-3-6-11-17)18-12-7-4-8-13-18;/h2*3-16H,1-2H3;/q;;+2. The Kier molecular flexibility index (Phi) is 15.6. The molecule has 0 atom stereocenters. The van der Waals surface area contributed by atoms with Crippen molar-refractivity contribution in [3.8, 4) is 0 Å². The first-order chi connectivity index (χ1) is 23.3. The Bertz CT molecular complexity index is 1360. The second-order valence-corrected chi connectivity index (χ2v) is 15.9. The van der Waals surface area contributed by atoms with Crippen LogP contribution in [0.15, 0.2) is 121 Å². The monoisotopic (exact) mass is 726 g/mol. The molecule has 4 aromatic carbocycles. The summed E-state index contributed by atoms with van der Waals surface area (Å²) in [6, 6.07) is 41.4. The van der Waals surface area contributed by atoms with Gasteiger partial charge >= 0.3 is 29.0 Å². The van der Waals surface area contributed by atoms with Gasteiger partial charge < -0.3 is 9.47 Å². The normalized spacial score (nSPS) is 15.7. The van der Waals surface area contributed by atoms with Crippen molar-refractivity contribution in [2.24, 2.45) is 0 Å². The van der Waals surface area contributed by atoms with Crippen LogP contribution in [0.25, 0.3) is 0 Å². The molecule has 0 aliphatic heterocycles. The second-order valence-electron chi connectivity index (χ2n) is 11.6. The van der Waals surface area contributed by atoms with Crippen LogP contribution in [-0.2, 0) is 36.1 Å². The fourth-order valence-electron chi connectivity index (χ4n) is 5.27. The molecule has 2 aliphatic carbocycles. The predicted molar refractivity (Wildman–Crippen MR) is 199 cm³/mol.